The van der Waals surface area contributed by atoms with Crippen molar-refractivity contribution in [3.05, 3.63) is 47.3 Å². The largest absolute Gasteiger partial charge is 0.496 e. The lowest BCUT2D eigenvalue weighted by Crippen LogP contribution is -2.48. The Morgan fingerprint density at radius 1 is 1.23 bits per heavy atom. The molecule has 2 saturated heterocycles. The molecular weight excluding hydrogens is 330 g/mol. The lowest BCUT2D eigenvalue weighted by atomic mass is 10.0. The maximum atomic E-state index is 13.2. The molecule has 2 atom stereocenters. The summed E-state index contributed by atoms with van der Waals surface area (Å²) in [7, 11) is 1.66. The number of amides is 1. The molecule has 0 spiro atoms. The Labute approximate surface area is 153 Å². The molecule has 2 unspecified atom stereocenters. The lowest BCUT2D eigenvalue weighted by Gasteiger charge is -2.36. The summed E-state index contributed by atoms with van der Waals surface area (Å²) in [6.45, 7) is 4.08. The van der Waals surface area contributed by atoms with Gasteiger partial charge in [-0.3, -0.25) is 9.89 Å². The average molecular weight is 355 g/mol. The van der Waals surface area contributed by atoms with Crippen LogP contribution in [0.25, 0.3) is 0 Å². The third kappa shape index (κ3) is 3.20. The first-order valence-electron chi connectivity index (χ1n) is 9.18. The molecule has 138 valence electrons. The van der Waals surface area contributed by atoms with E-state index >= 15 is 0 Å². The van der Waals surface area contributed by atoms with Gasteiger partial charge in [0.15, 0.2) is 0 Å². The molecule has 7 heteroatoms. The molecule has 1 aromatic heterocycles. The van der Waals surface area contributed by atoms with Gasteiger partial charge in [0.1, 0.15) is 11.4 Å². The monoisotopic (exact) mass is 355 g/mol. The minimum absolute atomic E-state index is 0.0316. The zero-order chi connectivity index (χ0) is 17.9. The van der Waals surface area contributed by atoms with Crippen LogP contribution in [0.5, 0.6) is 5.75 Å². The molecule has 3 N–H and O–H groups in total. The molecule has 0 saturated carbocycles. The van der Waals surface area contributed by atoms with E-state index in [2.05, 4.69) is 20.8 Å². The summed E-state index contributed by atoms with van der Waals surface area (Å²) in [4.78, 5) is 15.1. The van der Waals surface area contributed by atoms with Crippen LogP contribution < -0.4 is 15.4 Å². The van der Waals surface area contributed by atoms with E-state index in [1.165, 1.54) is 0 Å². The minimum atomic E-state index is -0.0688. The molecule has 0 aliphatic carbocycles. The molecule has 2 fully saturated rings. The van der Waals surface area contributed by atoms with Gasteiger partial charge >= 0.3 is 0 Å². The number of hydrogen-bond donors (Lipinski definition) is 3. The van der Waals surface area contributed by atoms with Gasteiger partial charge in [0.25, 0.3) is 5.91 Å². The molecule has 4 rings (SSSR count). The van der Waals surface area contributed by atoms with Crippen molar-refractivity contribution in [2.75, 3.05) is 39.8 Å². The lowest BCUT2D eigenvalue weighted by molar-refractivity contribution is 0.0625. The van der Waals surface area contributed by atoms with Gasteiger partial charge < -0.3 is 20.3 Å². The van der Waals surface area contributed by atoms with E-state index < -0.39 is 0 Å². The van der Waals surface area contributed by atoms with Crippen LogP contribution >= 0.6 is 0 Å². The van der Waals surface area contributed by atoms with Crippen LogP contribution in [-0.4, -0.2) is 60.8 Å². The van der Waals surface area contributed by atoms with Crippen molar-refractivity contribution in [1.82, 2.24) is 25.7 Å². The molecule has 0 bridgehead atoms. The highest BCUT2D eigenvalue weighted by molar-refractivity contribution is 5.93. The van der Waals surface area contributed by atoms with Crippen molar-refractivity contribution in [1.29, 1.82) is 0 Å². The van der Waals surface area contributed by atoms with E-state index in [4.69, 9.17) is 4.74 Å². The molecule has 1 amide bonds. The standard InChI is InChI=1S/C19H25N5O2/c1-26-18-5-3-2-4-14(18)17-12-21-8-9-24(17)19(25)16-10-15(22-23-16)13-6-7-20-11-13/h2-5,10,13,17,20-21H,6-9,11-12H2,1H3,(H,22,23). The highest BCUT2D eigenvalue weighted by Gasteiger charge is 2.32. The molecule has 2 aliphatic rings. The van der Waals surface area contributed by atoms with Gasteiger partial charge in [-0.2, -0.15) is 5.10 Å². The number of rotatable bonds is 4. The van der Waals surface area contributed by atoms with Crippen molar-refractivity contribution in [2.45, 2.75) is 18.4 Å². The second kappa shape index (κ2) is 7.47. The first-order valence-corrected chi connectivity index (χ1v) is 9.18. The van der Waals surface area contributed by atoms with Gasteiger partial charge in [-0.15, -0.1) is 0 Å². The number of nitrogens with one attached hydrogen (secondary N) is 3. The van der Waals surface area contributed by atoms with Gasteiger partial charge in [0.05, 0.1) is 13.2 Å². The zero-order valence-corrected chi connectivity index (χ0v) is 15.0. The highest BCUT2D eigenvalue weighted by atomic mass is 16.5. The third-order valence-corrected chi connectivity index (χ3v) is 5.32. The van der Waals surface area contributed by atoms with E-state index in [-0.39, 0.29) is 11.9 Å². The molecule has 26 heavy (non-hydrogen) atoms. The zero-order valence-electron chi connectivity index (χ0n) is 15.0. The Bertz CT molecular complexity index is 769. The Hall–Kier alpha value is -2.38. The summed E-state index contributed by atoms with van der Waals surface area (Å²) in [6, 6.07) is 9.74. The Morgan fingerprint density at radius 3 is 2.88 bits per heavy atom. The number of para-hydroxylation sites is 1. The number of carbonyl (C=O) groups excluding carboxylic acids is 1. The van der Waals surface area contributed by atoms with Crippen LogP contribution in [0, 0.1) is 0 Å². The summed E-state index contributed by atoms with van der Waals surface area (Å²) in [5, 5.41) is 14.1. The van der Waals surface area contributed by atoms with Gasteiger partial charge in [-0.1, -0.05) is 18.2 Å². The van der Waals surface area contributed by atoms with E-state index in [1.807, 2.05) is 35.2 Å². The summed E-state index contributed by atoms with van der Waals surface area (Å²) in [5.41, 5.74) is 2.56. The summed E-state index contributed by atoms with van der Waals surface area (Å²) >= 11 is 0. The van der Waals surface area contributed by atoms with Crippen LogP contribution in [0.4, 0.5) is 0 Å². The van der Waals surface area contributed by atoms with E-state index in [0.29, 0.717) is 24.7 Å². The summed E-state index contributed by atoms with van der Waals surface area (Å²) in [5.74, 6) is 1.19. The second-order valence-corrected chi connectivity index (χ2v) is 6.86. The predicted molar refractivity (Wildman–Crippen MR) is 98.5 cm³/mol. The molecule has 3 heterocycles. The van der Waals surface area contributed by atoms with Crippen LogP contribution in [0.15, 0.2) is 30.3 Å². The quantitative estimate of drug-likeness (QED) is 0.770. The van der Waals surface area contributed by atoms with Crippen molar-refractivity contribution >= 4 is 5.91 Å². The van der Waals surface area contributed by atoms with Crippen LogP contribution in [0.1, 0.15) is 40.1 Å². The number of aromatic amines is 1. The molecule has 2 aliphatic heterocycles. The molecule has 1 aromatic carbocycles. The normalized spacial score (nSPS) is 23.2. The van der Waals surface area contributed by atoms with Crippen molar-refractivity contribution < 1.29 is 9.53 Å². The number of methoxy groups -OCH3 is 1. The number of aromatic nitrogens is 2. The van der Waals surface area contributed by atoms with Crippen LogP contribution in [0.3, 0.4) is 0 Å². The SMILES string of the molecule is COc1ccccc1C1CNCCN1C(=O)c1cc(C2CCNC2)[nH]n1. The summed E-state index contributed by atoms with van der Waals surface area (Å²) < 4.78 is 5.51. The topological polar surface area (TPSA) is 82.3 Å². The maximum Gasteiger partial charge on any atom is 0.274 e. The number of H-pyrrole nitrogens is 1. The number of ether oxygens (including phenoxy) is 1. The number of hydrogen-bond acceptors (Lipinski definition) is 5. The summed E-state index contributed by atoms with van der Waals surface area (Å²) in [6.07, 6.45) is 1.08. The minimum Gasteiger partial charge on any atom is -0.496 e. The van der Waals surface area contributed by atoms with Crippen LogP contribution in [-0.2, 0) is 0 Å². The third-order valence-electron chi connectivity index (χ3n) is 5.32. The molecule has 2 aromatic rings. The fourth-order valence-electron chi connectivity index (χ4n) is 3.89. The second-order valence-electron chi connectivity index (χ2n) is 6.86. The van der Waals surface area contributed by atoms with Gasteiger partial charge in [-0.25, -0.2) is 0 Å². The Morgan fingerprint density at radius 2 is 2.08 bits per heavy atom. The van der Waals surface area contributed by atoms with Crippen molar-refractivity contribution in [3.63, 3.8) is 0 Å². The van der Waals surface area contributed by atoms with Gasteiger partial charge in [0.2, 0.25) is 0 Å². The van der Waals surface area contributed by atoms with Crippen molar-refractivity contribution in [3.8, 4) is 5.75 Å². The smallest absolute Gasteiger partial charge is 0.274 e. The number of piperazine rings is 1. The van der Waals surface area contributed by atoms with Gasteiger partial charge in [0, 0.05) is 43.4 Å². The van der Waals surface area contributed by atoms with Gasteiger partial charge in [-0.05, 0) is 25.1 Å². The number of carbonyl (C=O) groups is 1. The fourth-order valence-corrected chi connectivity index (χ4v) is 3.89. The van der Waals surface area contributed by atoms with E-state index in [9.17, 15) is 4.79 Å². The molecular formula is C19H25N5O2. The Balaban J connectivity index is 1.59. The first-order chi connectivity index (χ1) is 12.8. The molecule has 7 nitrogen and oxygen atoms in total. The first kappa shape index (κ1) is 17.1. The fraction of sp³-hybridized carbons (Fsp3) is 0.474. The van der Waals surface area contributed by atoms with Crippen LogP contribution in [0.2, 0.25) is 0 Å². The number of benzene rings is 1. The average Bonchev–Trinajstić information content (AvgIpc) is 3.39. The maximum absolute atomic E-state index is 13.2. The molecule has 0 radical (unpaired) electrons. The predicted octanol–water partition coefficient (Wildman–Crippen LogP) is 1.28. The number of nitrogens with zero attached hydrogens (tertiary/aromatic N) is 2. The van der Waals surface area contributed by atoms with E-state index in [1.54, 1.807) is 7.11 Å². The van der Waals surface area contributed by atoms with Crippen molar-refractivity contribution in [2.24, 2.45) is 0 Å². The van der Waals surface area contributed by atoms with E-state index in [0.717, 1.165) is 43.1 Å². The highest BCUT2D eigenvalue weighted by Crippen LogP contribution is 2.31. The Kier molecular flexibility index (Phi) is 4.90.